The highest BCUT2D eigenvalue weighted by Gasteiger charge is 2.40. The number of amides is 1. The highest BCUT2D eigenvalue weighted by atomic mass is 16.4. The average Bonchev–Trinajstić information content (AvgIpc) is 2.61. The van der Waals surface area contributed by atoms with Crippen molar-refractivity contribution in [1.82, 2.24) is 4.90 Å². The van der Waals surface area contributed by atoms with Crippen LogP contribution in [0.5, 0.6) is 0 Å². The first-order valence-corrected chi connectivity index (χ1v) is 5.87. The first-order chi connectivity index (χ1) is 7.59. The van der Waals surface area contributed by atoms with Gasteiger partial charge in [-0.15, -0.1) is 0 Å². The molecule has 16 heavy (non-hydrogen) atoms. The van der Waals surface area contributed by atoms with E-state index in [9.17, 15) is 9.59 Å². The Labute approximate surface area is 94.6 Å². The maximum Gasteiger partial charge on any atom is 0.308 e. The van der Waals surface area contributed by atoms with Gasteiger partial charge in [-0.3, -0.25) is 9.59 Å². The molecule has 5 heteroatoms. The highest BCUT2D eigenvalue weighted by molar-refractivity contribution is 5.86. The van der Waals surface area contributed by atoms with Crippen molar-refractivity contribution in [3.05, 3.63) is 0 Å². The van der Waals surface area contributed by atoms with E-state index in [0.717, 1.165) is 25.7 Å². The standard InChI is InChI=1S/C11H18N2O3/c12-8-3-1-2-4-9(8)13-6-7(11(15)16)5-10(13)14/h7-9H,1-6,12H2,(H,15,16)/t7?,8-,9+/m1/s1. The predicted octanol–water partition coefficient (Wildman–Crippen LogP) is 0.189. The molecule has 0 radical (unpaired) electrons. The molecule has 0 bridgehead atoms. The number of likely N-dealkylation sites (tertiary alicyclic amines) is 1. The van der Waals surface area contributed by atoms with Gasteiger partial charge in [0.1, 0.15) is 0 Å². The molecule has 2 fully saturated rings. The molecule has 1 saturated heterocycles. The second-order valence-electron chi connectivity index (χ2n) is 4.80. The summed E-state index contributed by atoms with van der Waals surface area (Å²) in [4.78, 5) is 24.3. The van der Waals surface area contributed by atoms with Crippen LogP contribution in [0.2, 0.25) is 0 Å². The minimum Gasteiger partial charge on any atom is -0.481 e. The molecule has 0 aromatic heterocycles. The van der Waals surface area contributed by atoms with E-state index in [-0.39, 0.29) is 24.4 Å². The van der Waals surface area contributed by atoms with E-state index in [4.69, 9.17) is 10.8 Å². The molecule has 1 saturated carbocycles. The van der Waals surface area contributed by atoms with Gasteiger partial charge in [-0.1, -0.05) is 12.8 Å². The van der Waals surface area contributed by atoms with E-state index in [0.29, 0.717) is 6.54 Å². The SMILES string of the molecule is N[C@@H]1CCCC[C@@H]1N1CC(C(=O)O)CC1=O. The smallest absolute Gasteiger partial charge is 0.308 e. The number of carbonyl (C=O) groups excluding carboxylic acids is 1. The van der Waals surface area contributed by atoms with Crippen molar-refractivity contribution in [3.8, 4) is 0 Å². The van der Waals surface area contributed by atoms with Gasteiger partial charge in [0.05, 0.1) is 5.92 Å². The van der Waals surface area contributed by atoms with Gasteiger partial charge in [0, 0.05) is 25.0 Å². The summed E-state index contributed by atoms with van der Waals surface area (Å²) in [5.74, 6) is -1.46. The normalized spacial score (nSPS) is 35.4. The van der Waals surface area contributed by atoms with Crippen LogP contribution in [0.1, 0.15) is 32.1 Å². The minimum atomic E-state index is -0.875. The third-order valence-corrected chi connectivity index (χ3v) is 3.69. The lowest BCUT2D eigenvalue weighted by atomic mass is 9.90. The first-order valence-electron chi connectivity index (χ1n) is 5.87. The van der Waals surface area contributed by atoms with Gasteiger partial charge in [-0.05, 0) is 12.8 Å². The summed E-state index contributed by atoms with van der Waals surface area (Å²) >= 11 is 0. The van der Waals surface area contributed by atoms with Crippen LogP contribution in [0.4, 0.5) is 0 Å². The number of nitrogens with zero attached hydrogens (tertiary/aromatic N) is 1. The van der Waals surface area contributed by atoms with E-state index in [1.807, 2.05) is 0 Å². The Bertz CT molecular complexity index is 306. The van der Waals surface area contributed by atoms with Crippen LogP contribution in [-0.4, -0.2) is 40.5 Å². The third kappa shape index (κ3) is 2.04. The van der Waals surface area contributed by atoms with E-state index in [1.165, 1.54) is 0 Å². The van der Waals surface area contributed by atoms with E-state index in [2.05, 4.69) is 0 Å². The molecule has 1 amide bonds. The van der Waals surface area contributed by atoms with Crippen molar-refractivity contribution in [2.75, 3.05) is 6.54 Å². The van der Waals surface area contributed by atoms with E-state index in [1.54, 1.807) is 4.90 Å². The van der Waals surface area contributed by atoms with Gasteiger partial charge in [0.25, 0.3) is 0 Å². The van der Waals surface area contributed by atoms with Gasteiger partial charge in [-0.25, -0.2) is 0 Å². The molecule has 0 aromatic carbocycles. The van der Waals surface area contributed by atoms with Crippen molar-refractivity contribution in [2.45, 2.75) is 44.2 Å². The van der Waals surface area contributed by atoms with Gasteiger partial charge in [0.15, 0.2) is 0 Å². The summed E-state index contributed by atoms with van der Waals surface area (Å²) in [6.07, 6.45) is 4.19. The van der Waals surface area contributed by atoms with Gasteiger partial charge in [0.2, 0.25) is 5.91 Å². The lowest BCUT2D eigenvalue weighted by molar-refractivity contribution is -0.141. The van der Waals surface area contributed by atoms with E-state index < -0.39 is 11.9 Å². The fourth-order valence-corrected chi connectivity index (χ4v) is 2.74. The van der Waals surface area contributed by atoms with Crippen LogP contribution in [0.3, 0.4) is 0 Å². The van der Waals surface area contributed by atoms with Crippen molar-refractivity contribution < 1.29 is 14.7 Å². The van der Waals surface area contributed by atoms with Crippen LogP contribution in [0, 0.1) is 5.92 Å². The fraction of sp³-hybridized carbons (Fsp3) is 0.818. The van der Waals surface area contributed by atoms with E-state index >= 15 is 0 Å². The van der Waals surface area contributed by atoms with Crippen molar-refractivity contribution >= 4 is 11.9 Å². The minimum absolute atomic E-state index is 0.0187. The van der Waals surface area contributed by atoms with Gasteiger partial charge in [-0.2, -0.15) is 0 Å². The zero-order valence-electron chi connectivity index (χ0n) is 9.26. The second kappa shape index (κ2) is 4.41. The molecule has 1 aliphatic heterocycles. The van der Waals surface area contributed by atoms with Crippen LogP contribution in [-0.2, 0) is 9.59 Å². The molecule has 2 aliphatic rings. The number of nitrogens with two attached hydrogens (primary N) is 1. The van der Waals surface area contributed by atoms with Crippen LogP contribution in [0.15, 0.2) is 0 Å². The van der Waals surface area contributed by atoms with Crippen molar-refractivity contribution in [2.24, 2.45) is 11.7 Å². The summed E-state index contributed by atoms with van der Waals surface area (Å²) in [5.41, 5.74) is 6.00. The monoisotopic (exact) mass is 226 g/mol. The second-order valence-corrected chi connectivity index (χ2v) is 4.80. The fourth-order valence-electron chi connectivity index (χ4n) is 2.74. The maximum atomic E-state index is 11.7. The predicted molar refractivity (Wildman–Crippen MR) is 57.7 cm³/mol. The van der Waals surface area contributed by atoms with Gasteiger partial charge >= 0.3 is 5.97 Å². The molecule has 0 spiro atoms. The van der Waals surface area contributed by atoms with Crippen LogP contribution >= 0.6 is 0 Å². The molecular formula is C11H18N2O3. The molecule has 90 valence electrons. The number of carbonyl (C=O) groups is 2. The van der Waals surface area contributed by atoms with Crippen molar-refractivity contribution in [3.63, 3.8) is 0 Å². The Balaban J connectivity index is 2.04. The van der Waals surface area contributed by atoms with Crippen LogP contribution in [0.25, 0.3) is 0 Å². The molecule has 2 rings (SSSR count). The Kier molecular flexibility index (Phi) is 3.14. The Hall–Kier alpha value is -1.10. The highest BCUT2D eigenvalue weighted by Crippen LogP contribution is 2.28. The number of hydrogen-bond acceptors (Lipinski definition) is 3. The Morgan fingerprint density at radius 2 is 2.06 bits per heavy atom. The summed E-state index contributed by atoms with van der Waals surface area (Å²) < 4.78 is 0. The molecule has 1 aliphatic carbocycles. The lowest BCUT2D eigenvalue weighted by Crippen LogP contribution is -2.50. The zero-order valence-corrected chi connectivity index (χ0v) is 9.26. The molecule has 3 atom stereocenters. The molecule has 5 nitrogen and oxygen atoms in total. The molecule has 3 N–H and O–H groups in total. The summed E-state index contributed by atoms with van der Waals surface area (Å²) in [7, 11) is 0. The molecule has 0 aromatic rings. The third-order valence-electron chi connectivity index (χ3n) is 3.69. The Morgan fingerprint density at radius 3 is 2.62 bits per heavy atom. The number of carboxylic acid groups (broad SMARTS) is 1. The number of aliphatic carboxylic acids is 1. The lowest BCUT2D eigenvalue weighted by Gasteiger charge is -2.36. The maximum absolute atomic E-state index is 11.7. The van der Waals surface area contributed by atoms with Crippen molar-refractivity contribution in [1.29, 1.82) is 0 Å². The largest absolute Gasteiger partial charge is 0.481 e. The average molecular weight is 226 g/mol. The summed E-state index contributed by atoms with van der Waals surface area (Å²) in [6, 6.07) is 0.0795. The number of hydrogen-bond donors (Lipinski definition) is 2. The zero-order chi connectivity index (χ0) is 11.7. The first kappa shape index (κ1) is 11.4. The summed E-state index contributed by atoms with van der Waals surface area (Å²) in [5, 5.41) is 8.90. The topological polar surface area (TPSA) is 83.6 Å². The Morgan fingerprint density at radius 1 is 1.38 bits per heavy atom. The number of carboxylic acids is 1. The van der Waals surface area contributed by atoms with Crippen LogP contribution < -0.4 is 5.73 Å². The molecule has 1 unspecified atom stereocenters. The number of rotatable bonds is 2. The summed E-state index contributed by atoms with van der Waals surface area (Å²) in [6.45, 7) is 0.340. The van der Waals surface area contributed by atoms with Gasteiger partial charge < -0.3 is 15.7 Å². The molecule has 1 heterocycles. The quantitative estimate of drug-likeness (QED) is 0.704. The molecular weight excluding hydrogens is 208 g/mol.